The minimum Gasteiger partial charge on any atom is -0.497 e. The van der Waals surface area contributed by atoms with E-state index in [9.17, 15) is 4.79 Å². The lowest BCUT2D eigenvalue weighted by Gasteiger charge is -2.36. The number of methoxy groups -OCH3 is 2. The lowest BCUT2D eigenvalue weighted by Crippen LogP contribution is -2.50. The molecule has 11 heteroatoms. The van der Waals surface area contributed by atoms with E-state index in [2.05, 4.69) is 16.2 Å². The third kappa shape index (κ3) is 5.37. The predicted molar refractivity (Wildman–Crippen MR) is 139 cm³/mol. The van der Waals surface area contributed by atoms with Crippen LogP contribution in [0.25, 0.3) is 0 Å². The first-order chi connectivity index (χ1) is 16.9. The van der Waals surface area contributed by atoms with Crippen molar-refractivity contribution in [3.05, 3.63) is 42.5 Å². The molecule has 1 fully saturated rings. The van der Waals surface area contributed by atoms with Gasteiger partial charge in [0.25, 0.3) is 0 Å². The molecule has 186 valence electrons. The van der Waals surface area contributed by atoms with Gasteiger partial charge in [-0.1, -0.05) is 11.8 Å². The number of thioether (sulfide) groups is 1. The van der Waals surface area contributed by atoms with E-state index in [1.54, 1.807) is 37.3 Å². The maximum atomic E-state index is 12.8. The van der Waals surface area contributed by atoms with E-state index in [1.807, 2.05) is 38.1 Å². The van der Waals surface area contributed by atoms with Gasteiger partial charge < -0.3 is 19.5 Å². The lowest BCUT2D eigenvalue weighted by atomic mass is 9.97. The SMILES string of the molecule is CCOc1ccc(N2C(=N)C3C(C)NNC3N=C2SCC(=O)Nc2cc(OC)ccc2OC)cc1. The average molecular weight is 499 g/mol. The van der Waals surface area contributed by atoms with Crippen LogP contribution in [0, 0.1) is 11.3 Å². The topological polar surface area (TPSA) is 120 Å². The van der Waals surface area contributed by atoms with Crippen LogP contribution in [0.3, 0.4) is 0 Å². The Morgan fingerprint density at radius 2 is 1.89 bits per heavy atom. The molecule has 3 unspecified atom stereocenters. The zero-order valence-electron chi connectivity index (χ0n) is 20.1. The molecular formula is C24H30N6O4S. The minimum absolute atomic E-state index is 0.0387. The molecule has 3 atom stereocenters. The van der Waals surface area contributed by atoms with Gasteiger partial charge in [-0.3, -0.25) is 20.5 Å². The number of benzene rings is 2. The van der Waals surface area contributed by atoms with Gasteiger partial charge in [-0.25, -0.2) is 10.4 Å². The molecule has 0 bridgehead atoms. The van der Waals surface area contributed by atoms with Crippen molar-refractivity contribution in [1.29, 1.82) is 5.41 Å². The van der Waals surface area contributed by atoms with Gasteiger partial charge in [0.05, 0.1) is 38.2 Å². The molecule has 0 saturated carbocycles. The number of amidine groups is 2. The van der Waals surface area contributed by atoms with Crippen molar-refractivity contribution in [3.8, 4) is 17.2 Å². The Balaban J connectivity index is 1.53. The van der Waals surface area contributed by atoms with Crippen LogP contribution in [0.1, 0.15) is 13.8 Å². The molecule has 2 heterocycles. The van der Waals surface area contributed by atoms with Crippen molar-refractivity contribution in [2.75, 3.05) is 36.8 Å². The van der Waals surface area contributed by atoms with E-state index in [0.717, 1.165) is 11.4 Å². The summed E-state index contributed by atoms with van der Waals surface area (Å²) in [5.41, 5.74) is 7.64. The average Bonchev–Trinajstić information content (AvgIpc) is 3.24. The van der Waals surface area contributed by atoms with Crippen LogP contribution in [0.15, 0.2) is 47.5 Å². The highest BCUT2D eigenvalue weighted by Gasteiger charge is 2.43. The van der Waals surface area contributed by atoms with Gasteiger partial charge in [-0.15, -0.1) is 0 Å². The Bertz CT molecular complexity index is 1110. The summed E-state index contributed by atoms with van der Waals surface area (Å²) in [7, 11) is 3.11. The monoisotopic (exact) mass is 498 g/mol. The predicted octanol–water partition coefficient (Wildman–Crippen LogP) is 3.07. The largest absolute Gasteiger partial charge is 0.497 e. The zero-order valence-corrected chi connectivity index (χ0v) is 20.9. The Hall–Kier alpha value is -3.28. The summed E-state index contributed by atoms with van der Waals surface area (Å²) < 4.78 is 16.2. The number of carbonyl (C=O) groups is 1. The van der Waals surface area contributed by atoms with Gasteiger partial charge in [-0.2, -0.15) is 0 Å². The van der Waals surface area contributed by atoms with E-state index in [-0.39, 0.29) is 29.8 Å². The maximum absolute atomic E-state index is 12.8. The van der Waals surface area contributed by atoms with Crippen LogP contribution in [0.2, 0.25) is 0 Å². The van der Waals surface area contributed by atoms with Crippen LogP contribution in [0.5, 0.6) is 17.2 Å². The molecule has 4 rings (SSSR count). The number of hydrogen-bond donors (Lipinski definition) is 4. The maximum Gasteiger partial charge on any atom is 0.234 e. The molecule has 35 heavy (non-hydrogen) atoms. The Kier molecular flexibility index (Phi) is 7.79. The van der Waals surface area contributed by atoms with Gasteiger partial charge in [0, 0.05) is 17.8 Å². The smallest absolute Gasteiger partial charge is 0.234 e. The molecule has 2 aliphatic heterocycles. The number of aliphatic imine (C=N–C) groups is 1. The van der Waals surface area contributed by atoms with E-state index >= 15 is 0 Å². The van der Waals surface area contributed by atoms with Gasteiger partial charge in [0.15, 0.2) is 5.17 Å². The lowest BCUT2D eigenvalue weighted by molar-refractivity contribution is -0.113. The molecule has 2 aromatic carbocycles. The highest BCUT2D eigenvalue weighted by atomic mass is 32.2. The molecule has 4 N–H and O–H groups in total. The number of fused-ring (bicyclic) bond motifs is 1. The van der Waals surface area contributed by atoms with E-state index in [0.29, 0.717) is 34.8 Å². The fourth-order valence-corrected chi connectivity index (χ4v) is 4.89. The number of carbonyl (C=O) groups excluding carboxylic acids is 1. The fraction of sp³-hybridized carbons (Fsp3) is 0.375. The first-order valence-corrected chi connectivity index (χ1v) is 12.3. The molecule has 2 aromatic rings. The van der Waals surface area contributed by atoms with Crippen LogP contribution in [0.4, 0.5) is 11.4 Å². The highest BCUT2D eigenvalue weighted by Crippen LogP contribution is 2.33. The van der Waals surface area contributed by atoms with Crippen molar-refractivity contribution >= 4 is 40.0 Å². The molecule has 2 aliphatic rings. The molecule has 1 saturated heterocycles. The molecule has 0 aromatic heterocycles. The van der Waals surface area contributed by atoms with E-state index < -0.39 is 0 Å². The summed E-state index contributed by atoms with van der Waals surface area (Å²) in [4.78, 5) is 19.5. The second kappa shape index (κ2) is 11.0. The standard InChI is InChI=1S/C24H30N6O4S/c1-5-34-16-8-6-15(7-9-16)30-22(25)21-14(2)28-29-23(21)27-24(30)35-13-20(31)26-18-12-17(32-3)10-11-19(18)33-4/h6-12,14,21,23,25,28-29H,5,13H2,1-4H3,(H,26,31). The first-order valence-electron chi connectivity index (χ1n) is 11.3. The number of nitrogens with zero attached hydrogens (tertiary/aromatic N) is 2. The number of nitrogens with one attached hydrogen (secondary N) is 4. The molecular weight excluding hydrogens is 468 g/mol. The summed E-state index contributed by atoms with van der Waals surface area (Å²) >= 11 is 1.27. The van der Waals surface area contributed by atoms with Crippen LogP contribution in [-0.2, 0) is 4.79 Å². The van der Waals surface area contributed by atoms with Crippen LogP contribution >= 0.6 is 11.8 Å². The molecule has 0 radical (unpaired) electrons. The summed E-state index contributed by atoms with van der Waals surface area (Å²) in [6.07, 6.45) is -0.277. The van der Waals surface area contributed by atoms with E-state index in [1.165, 1.54) is 11.8 Å². The third-order valence-corrected chi connectivity index (χ3v) is 6.71. The number of hydrazine groups is 1. The van der Waals surface area contributed by atoms with Gasteiger partial charge in [0.1, 0.15) is 29.2 Å². The Morgan fingerprint density at radius 1 is 1.14 bits per heavy atom. The summed E-state index contributed by atoms with van der Waals surface area (Å²) in [5.74, 6) is 2.05. The van der Waals surface area contributed by atoms with Crippen molar-refractivity contribution in [3.63, 3.8) is 0 Å². The second-order valence-electron chi connectivity index (χ2n) is 8.01. The number of amides is 1. The van der Waals surface area contributed by atoms with Gasteiger partial charge in [-0.05, 0) is 50.2 Å². The fourth-order valence-electron chi connectivity index (χ4n) is 4.04. The van der Waals surface area contributed by atoms with Crippen LogP contribution < -0.4 is 35.3 Å². The molecule has 10 nitrogen and oxygen atoms in total. The van der Waals surface area contributed by atoms with Gasteiger partial charge >= 0.3 is 0 Å². The minimum atomic E-state index is -0.277. The second-order valence-corrected chi connectivity index (χ2v) is 8.95. The van der Waals surface area contributed by atoms with Crippen molar-refractivity contribution in [1.82, 2.24) is 10.9 Å². The quantitative estimate of drug-likeness (QED) is 0.438. The molecule has 0 aliphatic carbocycles. The van der Waals surface area contributed by atoms with Gasteiger partial charge in [0.2, 0.25) is 5.91 Å². The summed E-state index contributed by atoms with van der Waals surface area (Å²) in [6.45, 7) is 4.53. The van der Waals surface area contributed by atoms with Crippen LogP contribution in [-0.4, -0.2) is 55.7 Å². The molecule has 0 spiro atoms. The first kappa shape index (κ1) is 24.8. The summed E-state index contributed by atoms with van der Waals surface area (Å²) in [6, 6.07) is 12.8. The number of hydrogen-bond acceptors (Lipinski definition) is 9. The van der Waals surface area contributed by atoms with E-state index in [4.69, 9.17) is 24.6 Å². The normalized spacial score (nSPS) is 21.3. The van der Waals surface area contributed by atoms with Crippen molar-refractivity contribution in [2.45, 2.75) is 26.1 Å². The summed E-state index contributed by atoms with van der Waals surface area (Å²) in [5, 5.41) is 12.4. The Labute approximate surface area is 208 Å². The number of anilines is 2. The number of ether oxygens (including phenoxy) is 3. The van der Waals surface area contributed by atoms with Crippen molar-refractivity contribution < 1.29 is 19.0 Å². The zero-order chi connectivity index (χ0) is 24.9. The Morgan fingerprint density at radius 3 is 2.57 bits per heavy atom. The van der Waals surface area contributed by atoms with Crippen molar-refractivity contribution in [2.24, 2.45) is 10.9 Å². The molecule has 1 amide bonds. The highest BCUT2D eigenvalue weighted by molar-refractivity contribution is 8.14. The third-order valence-electron chi connectivity index (χ3n) is 5.75. The number of rotatable bonds is 8.